The molecule has 2 atom stereocenters. The van der Waals surface area contributed by atoms with Crippen molar-refractivity contribution in [1.29, 1.82) is 0 Å². The van der Waals surface area contributed by atoms with Crippen LogP contribution in [0.4, 0.5) is 0 Å². The van der Waals surface area contributed by atoms with E-state index in [2.05, 4.69) is 55.6 Å². The minimum absolute atomic E-state index is 0.0460. The van der Waals surface area contributed by atoms with Crippen molar-refractivity contribution in [3.05, 3.63) is 48.6 Å². The van der Waals surface area contributed by atoms with Gasteiger partial charge in [-0.25, -0.2) is 0 Å². The van der Waals surface area contributed by atoms with Gasteiger partial charge in [-0.3, -0.25) is 9.59 Å². The average Bonchev–Trinajstić information content (AvgIpc) is 3.27. The molecule has 0 aromatic carbocycles. The number of ether oxygens (including phenoxy) is 1. The zero-order valence-corrected chi connectivity index (χ0v) is 41.1. The number of aliphatic hydroxyl groups excluding tert-OH is 2. The number of nitrogens with one attached hydrogen (secondary N) is 1. The van der Waals surface area contributed by atoms with E-state index in [1.807, 2.05) is 6.08 Å². The van der Waals surface area contributed by atoms with Crippen molar-refractivity contribution in [3.8, 4) is 0 Å². The van der Waals surface area contributed by atoms with E-state index in [9.17, 15) is 19.8 Å². The number of carbonyl (C=O) groups is 2. The van der Waals surface area contributed by atoms with Crippen molar-refractivity contribution in [2.75, 3.05) is 13.2 Å². The minimum Gasteiger partial charge on any atom is -0.465 e. The number of amides is 1. The molecule has 0 aliphatic heterocycles. The van der Waals surface area contributed by atoms with Crippen LogP contribution in [-0.4, -0.2) is 47.4 Å². The third-order valence-electron chi connectivity index (χ3n) is 12.1. The topological polar surface area (TPSA) is 95.9 Å². The second kappa shape index (κ2) is 51.5. The van der Waals surface area contributed by atoms with Gasteiger partial charge in [-0.15, -0.1) is 0 Å². The highest BCUT2D eigenvalue weighted by molar-refractivity contribution is 5.76. The predicted octanol–water partition coefficient (Wildman–Crippen LogP) is 16.2. The maximum atomic E-state index is 12.4. The molecular weight excluding hydrogens is 767 g/mol. The third-order valence-corrected chi connectivity index (χ3v) is 12.1. The van der Waals surface area contributed by atoms with Crippen LogP contribution in [0.2, 0.25) is 0 Å². The van der Waals surface area contributed by atoms with Crippen molar-refractivity contribution in [2.24, 2.45) is 0 Å². The molecule has 0 rings (SSSR count). The van der Waals surface area contributed by atoms with E-state index in [0.717, 1.165) is 51.4 Å². The molecule has 0 radical (unpaired) electrons. The largest absolute Gasteiger partial charge is 0.465 e. The number of carbonyl (C=O) groups excluding carboxylic acids is 2. The molecular formula is C56H103NO5. The van der Waals surface area contributed by atoms with Gasteiger partial charge < -0.3 is 20.3 Å². The van der Waals surface area contributed by atoms with Gasteiger partial charge in [-0.05, 0) is 77.0 Å². The van der Waals surface area contributed by atoms with Gasteiger partial charge in [0.05, 0.1) is 25.4 Å². The number of hydrogen-bond donors (Lipinski definition) is 3. The summed E-state index contributed by atoms with van der Waals surface area (Å²) >= 11 is 0. The number of aliphatic hydroxyl groups is 2. The molecule has 0 aliphatic rings. The Morgan fingerprint density at radius 1 is 0.452 bits per heavy atom. The number of rotatable bonds is 49. The fourth-order valence-corrected chi connectivity index (χ4v) is 7.94. The predicted molar refractivity (Wildman–Crippen MR) is 269 cm³/mol. The first-order valence-electron chi connectivity index (χ1n) is 26.9. The first-order chi connectivity index (χ1) is 30.5. The summed E-state index contributed by atoms with van der Waals surface area (Å²) < 4.78 is 5.40. The van der Waals surface area contributed by atoms with Gasteiger partial charge in [0.15, 0.2) is 0 Å². The van der Waals surface area contributed by atoms with Crippen molar-refractivity contribution >= 4 is 11.9 Å². The normalized spacial score (nSPS) is 13.0. The van der Waals surface area contributed by atoms with E-state index in [-0.39, 0.29) is 18.5 Å². The van der Waals surface area contributed by atoms with Crippen molar-refractivity contribution < 1.29 is 24.5 Å². The van der Waals surface area contributed by atoms with E-state index in [1.54, 1.807) is 6.08 Å². The Labute approximate surface area is 385 Å². The lowest BCUT2D eigenvalue weighted by Crippen LogP contribution is -2.45. The highest BCUT2D eigenvalue weighted by Crippen LogP contribution is 2.15. The molecule has 62 heavy (non-hydrogen) atoms. The molecule has 0 heterocycles. The first kappa shape index (κ1) is 59.8. The van der Waals surface area contributed by atoms with Crippen LogP contribution in [0.5, 0.6) is 0 Å². The van der Waals surface area contributed by atoms with E-state index in [1.165, 1.54) is 193 Å². The second-order valence-electron chi connectivity index (χ2n) is 18.2. The molecule has 0 spiro atoms. The Balaban J connectivity index is 3.48. The molecule has 6 heteroatoms. The molecule has 6 nitrogen and oxygen atoms in total. The molecule has 0 aromatic heterocycles. The summed E-state index contributed by atoms with van der Waals surface area (Å²) in [5, 5.41) is 23.0. The molecule has 0 bridgehead atoms. The fraction of sp³-hybridized carbons (Fsp3) is 0.821. The number of unbranched alkanes of at least 4 members (excludes halogenated alkanes) is 32. The van der Waals surface area contributed by atoms with E-state index in [0.29, 0.717) is 19.4 Å². The highest BCUT2D eigenvalue weighted by Gasteiger charge is 2.18. The Morgan fingerprint density at radius 2 is 0.806 bits per heavy atom. The quantitative estimate of drug-likeness (QED) is 0.0322. The summed E-state index contributed by atoms with van der Waals surface area (Å²) in [4.78, 5) is 24.4. The maximum Gasteiger partial charge on any atom is 0.305 e. The van der Waals surface area contributed by atoms with Crippen LogP contribution in [0.25, 0.3) is 0 Å². The standard InChI is InChI=1S/C56H103NO5/c1-3-5-7-9-11-13-15-25-30-34-38-42-46-50-56(61)62-51-47-43-39-35-31-27-24-22-20-18-16-17-19-21-23-26-29-33-37-41-45-49-55(60)57-53(52-58)54(59)48-44-40-36-32-28-14-12-10-8-6-4-2/h13,15,27,31,39,43-44,48,53-54,58-59H,3-12,14,16-26,28-30,32-38,40-42,45-47,49-52H2,1-2H3,(H,57,60)/b15-13-,31-27-,43-39-,48-44+. The van der Waals surface area contributed by atoms with Gasteiger partial charge in [-0.1, -0.05) is 229 Å². The highest BCUT2D eigenvalue weighted by atomic mass is 16.5. The van der Waals surface area contributed by atoms with Crippen LogP contribution in [0.15, 0.2) is 48.6 Å². The second-order valence-corrected chi connectivity index (χ2v) is 18.2. The summed E-state index contributed by atoms with van der Waals surface area (Å²) in [6, 6.07) is -0.631. The molecule has 0 aliphatic carbocycles. The molecule has 2 unspecified atom stereocenters. The lowest BCUT2D eigenvalue weighted by atomic mass is 10.0. The van der Waals surface area contributed by atoms with Gasteiger partial charge >= 0.3 is 5.97 Å². The lowest BCUT2D eigenvalue weighted by molar-refractivity contribution is -0.143. The fourth-order valence-electron chi connectivity index (χ4n) is 7.94. The Bertz CT molecular complexity index is 1050. The van der Waals surface area contributed by atoms with Crippen molar-refractivity contribution in [3.63, 3.8) is 0 Å². The Kier molecular flexibility index (Phi) is 49.6. The number of allylic oxidation sites excluding steroid dienone is 6. The lowest BCUT2D eigenvalue weighted by Gasteiger charge is -2.20. The Morgan fingerprint density at radius 3 is 1.26 bits per heavy atom. The van der Waals surface area contributed by atoms with Crippen molar-refractivity contribution in [2.45, 2.75) is 283 Å². The molecule has 0 aromatic rings. The minimum atomic E-state index is -0.847. The summed E-state index contributed by atoms with van der Waals surface area (Å²) in [5.41, 5.74) is 0. The van der Waals surface area contributed by atoms with E-state index < -0.39 is 12.1 Å². The molecule has 0 fully saturated rings. The molecule has 362 valence electrons. The summed E-state index contributed by atoms with van der Waals surface area (Å²) in [5.74, 6) is -0.121. The summed E-state index contributed by atoms with van der Waals surface area (Å²) in [7, 11) is 0. The van der Waals surface area contributed by atoms with Crippen LogP contribution >= 0.6 is 0 Å². The van der Waals surface area contributed by atoms with Crippen LogP contribution in [0, 0.1) is 0 Å². The molecule has 0 saturated carbocycles. The van der Waals surface area contributed by atoms with Gasteiger partial charge in [0.1, 0.15) is 0 Å². The zero-order chi connectivity index (χ0) is 45.1. The van der Waals surface area contributed by atoms with E-state index >= 15 is 0 Å². The van der Waals surface area contributed by atoms with Crippen LogP contribution in [0.3, 0.4) is 0 Å². The van der Waals surface area contributed by atoms with E-state index in [4.69, 9.17) is 4.74 Å². The summed E-state index contributed by atoms with van der Waals surface area (Å²) in [6.45, 7) is 4.75. The average molecular weight is 870 g/mol. The van der Waals surface area contributed by atoms with Crippen LogP contribution in [-0.2, 0) is 14.3 Å². The van der Waals surface area contributed by atoms with Crippen molar-refractivity contribution in [1.82, 2.24) is 5.32 Å². The molecule has 3 N–H and O–H groups in total. The van der Waals surface area contributed by atoms with Crippen LogP contribution < -0.4 is 5.32 Å². The smallest absolute Gasteiger partial charge is 0.305 e. The zero-order valence-electron chi connectivity index (χ0n) is 41.1. The molecule has 0 saturated heterocycles. The summed E-state index contributed by atoms with van der Waals surface area (Å²) in [6.07, 6.45) is 64.3. The van der Waals surface area contributed by atoms with Gasteiger partial charge in [0.25, 0.3) is 0 Å². The Hall–Kier alpha value is -2.18. The third kappa shape index (κ3) is 47.3. The van der Waals surface area contributed by atoms with Gasteiger partial charge in [0.2, 0.25) is 5.91 Å². The maximum absolute atomic E-state index is 12.4. The monoisotopic (exact) mass is 870 g/mol. The molecule has 1 amide bonds. The SMILES string of the molecule is CCCCCC/C=C\CCCCCCCC(=O)OCC/C=C\C/C=C\CCCCCCCCCCCCCCCCC(=O)NC(CO)C(O)/C=C/CCCCCCCCCCC. The van der Waals surface area contributed by atoms with Crippen LogP contribution in [0.1, 0.15) is 271 Å². The van der Waals surface area contributed by atoms with Gasteiger partial charge in [0, 0.05) is 12.8 Å². The van der Waals surface area contributed by atoms with Gasteiger partial charge in [-0.2, -0.15) is 0 Å². The number of esters is 1. The number of hydrogen-bond acceptors (Lipinski definition) is 5. The first-order valence-corrected chi connectivity index (χ1v) is 26.9.